The topological polar surface area (TPSA) is 215 Å². The number of carboxylic acids is 1. The zero-order valence-electron chi connectivity index (χ0n) is 20.4. The quantitative estimate of drug-likeness (QED) is 0.0932. The molecule has 0 aromatic heterocycles. The van der Waals surface area contributed by atoms with Crippen molar-refractivity contribution in [1.29, 1.82) is 0 Å². The highest BCUT2D eigenvalue weighted by Crippen LogP contribution is 2.09. The molecule has 0 saturated carbocycles. The maximum atomic E-state index is 12.9. The van der Waals surface area contributed by atoms with Gasteiger partial charge in [0.05, 0.1) is 6.04 Å². The molecule has 10 N–H and O–H groups in total. The first-order valence-corrected chi connectivity index (χ1v) is 11.1. The SMILES string of the molecule is CC(C)C(NC(=O)C(NC(=O)C(NC(=O)C(N)CCCN=C(N)N)C(C)C)C(C)C)C(=O)O. The fourth-order valence-corrected chi connectivity index (χ4v) is 2.98. The Morgan fingerprint density at radius 2 is 1.15 bits per heavy atom. The van der Waals surface area contributed by atoms with Gasteiger partial charge in [-0.1, -0.05) is 41.5 Å². The van der Waals surface area contributed by atoms with Gasteiger partial charge in [0.2, 0.25) is 17.7 Å². The highest BCUT2D eigenvalue weighted by atomic mass is 16.4. The van der Waals surface area contributed by atoms with Crippen molar-refractivity contribution in [2.24, 2.45) is 39.9 Å². The number of nitrogens with two attached hydrogens (primary N) is 3. The smallest absolute Gasteiger partial charge is 0.326 e. The second-order valence-electron chi connectivity index (χ2n) is 9.08. The van der Waals surface area contributed by atoms with Gasteiger partial charge in [0.25, 0.3) is 0 Å². The molecule has 190 valence electrons. The summed E-state index contributed by atoms with van der Waals surface area (Å²) in [6.45, 7) is 10.6. The molecule has 0 saturated heterocycles. The highest BCUT2D eigenvalue weighted by molar-refractivity contribution is 5.94. The molecule has 12 heteroatoms. The number of nitrogens with one attached hydrogen (secondary N) is 3. The number of aliphatic imine (C=N–C) groups is 1. The predicted octanol–water partition coefficient (Wildman–Crippen LogP) is -1.13. The predicted molar refractivity (Wildman–Crippen MR) is 126 cm³/mol. The van der Waals surface area contributed by atoms with Crippen LogP contribution in [0.5, 0.6) is 0 Å². The first-order valence-electron chi connectivity index (χ1n) is 11.1. The normalized spacial score (nSPS) is 14.8. The van der Waals surface area contributed by atoms with E-state index in [0.29, 0.717) is 19.4 Å². The van der Waals surface area contributed by atoms with Gasteiger partial charge in [0, 0.05) is 6.54 Å². The zero-order valence-corrected chi connectivity index (χ0v) is 20.4. The molecule has 33 heavy (non-hydrogen) atoms. The third-order valence-electron chi connectivity index (χ3n) is 5.03. The van der Waals surface area contributed by atoms with Gasteiger partial charge in [-0.3, -0.25) is 19.4 Å². The van der Waals surface area contributed by atoms with Crippen LogP contribution >= 0.6 is 0 Å². The van der Waals surface area contributed by atoms with Gasteiger partial charge in [-0.15, -0.1) is 0 Å². The third kappa shape index (κ3) is 11.0. The molecule has 0 aliphatic carbocycles. The Morgan fingerprint density at radius 1 is 0.758 bits per heavy atom. The van der Waals surface area contributed by atoms with Crippen LogP contribution in [-0.4, -0.2) is 65.5 Å². The maximum Gasteiger partial charge on any atom is 0.326 e. The molecule has 0 aromatic rings. The Labute approximate surface area is 195 Å². The lowest BCUT2D eigenvalue weighted by atomic mass is 9.98. The standard InChI is InChI=1S/C21H41N7O5/c1-10(2)14(26-17(29)13(22)8-7-9-25-21(23)24)18(30)27-15(11(3)4)19(31)28-16(12(5)6)20(32)33/h10-16H,7-9,22H2,1-6H3,(H,26,29)(H,27,30)(H,28,31)(H,32,33)(H4,23,24,25). The Hall–Kier alpha value is -2.89. The van der Waals surface area contributed by atoms with E-state index in [1.54, 1.807) is 41.5 Å². The summed E-state index contributed by atoms with van der Waals surface area (Å²) in [5.74, 6) is -3.83. The van der Waals surface area contributed by atoms with Crippen LogP contribution in [0.4, 0.5) is 0 Å². The Kier molecular flexibility index (Phi) is 13.0. The number of carbonyl (C=O) groups excluding carboxylic acids is 3. The number of nitrogens with zero attached hydrogens (tertiary/aromatic N) is 1. The van der Waals surface area contributed by atoms with Crippen molar-refractivity contribution in [2.75, 3.05) is 6.54 Å². The molecule has 4 atom stereocenters. The molecule has 0 fully saturated rings. The van der Waals surface area contributed by atoms with Crippen LogP contribution in [0.3, 0.4) is 0 Å². The molecule has 0 heterocycles. The molecule has 0 bridgehead atoms. The van der Waals surface area contributed by atoms with Gasteiger partial charge in [0.1, 0.15) is 18.1 Å². The monoisotopic (exact) mass is 471 g/mol. The van der Waals surface area contributed by atoms with Crippen LogP contribution in [0.1, 0.15) is 54.4 Å². The first kappa shape index (κ1) is 30.1. The molecule has 12 nitrogen and oxygen atoms in total. The highest BCUT2D eigenvalue weighted by Gasteiger charge is 2.33. The van der Waals surface area contributed by atoms with Gasteiger partial charge < -0.3 is 38.3 Å². The minimum absolute atomic E-state index is 0.0450. The summed E-state index contributed by atoms with van der Waals surface area (Å²) < 4.78 is 0. The average molecular weight is 472 g/mol. The number of carbonyl (C=O) groups is 4. The molecule has 0 radical (unpaired) electrons. The average Bonchev–Trinajstić information content (AvgIpc) is 2.69. The fourth-order valence-electron chi connectivity index (χ4n) is 2.98. The van der Waals surface area contributed by atoms with E-state index < -0.39 is 47.9 Å². The van der Waals surface area contributed by atoms with Crippen molar-refractivity contribution in [3.63, 3.8) is 0 Å². The molecule has 4 unspecified atom stereocenters. The van der Waals surface area contributed by atoms with E-state index in [-0.39, 0.29) is 23.7 Å². The van der Waals surface area contributed by atoms with E-state index in [2.05, 4.69) is 20.9 Å². The van der Waals surface area contributed by atoms with Crippen LogP contribution in [0.2, 0.25) is 0 Å². The van der Waals surface area contributed by atoms with Gasteiger partial charge >= 0.3 is 5.97 Å². The second-order valence-corrected chi connectivity index (χ2v) is 9.08. The molecule has 0 rings (SSSR count). The summed E-state index contributed by atoms with van der Waals surface area (Å²) in [4.78, 5) is 53.4. The molecule has 0 aliphatic rings. The van der Waals surface area contributed by atoms with E-state index >= 15 is 0 Å². The molecule has 3 amide bonds. The lowest BCUT2D eigenvalue weighted by molar-refractivity contribution is -0.144. The minimum Gasteiger partial charge on any atom is -0.480 e. The molecular formula is C21H41N7O5. The third-order valence-corrected chi connectivity index (χ3v) is 5.03. The lowest BCUT2D eigenvalue weighted by Crippen LogP contribution is -2.60. The molecule has 0 aromatic carbocycles. The number of amides is 3. The summed E-state index contributed by atoms with van der Waals surface area (Å²) >= 11 is 0. The molecule has 0 aliphatic heterocycles. The molecular weight excluding hydrogens is 430 g/mol. The van der Waals surface area contributed by atoms with Crippen LogP contribution in [0.15, 0.2) is 4.99 Å². The summed E-state index contributed by atoms with van der Waals surface area (Å²) in [6, 6.07) is -3.87. The van der Waals surface area contributed by atoms with Gasteiger partial charge in [-0.25, -0.2) is 4.79 Å². The second kappa shape index (κ2) is 14.3. The van der Waals surface area contributed by atoms with E-state index in [9.17, 15) is 24.3 Å². The number of aliphatic carboxylic acids is 1. The number of rotatable bonds is 14. The van der Waals surface area contributed by atoms with E-state index in [1.165, 1.54) is 0 Å². The lowest BCUT2D eigenvalue weighted by Gasteiger charge is -2.29. The number of hydrogen-bond acceptors (Lipinski definition) is 6. The number of hydrogen-bond donors (Lipinski definition) is 7. The Morgan fingerprint density at radius 3 is 1.52 bits per heavy atom. The zero-order chi connectivity index (χ0) is 25.9. The number of guanidine groups is 1. The first-order chi connectivity index (χ1) is 15.2. The van der Waals surface area contributed by atoms with Gasteiger partial charge in [-0.2, -0.15) is 0 Å². The van der Waals surface area contributed by atoms with E-state index in [0.717, 1.165) is 0 Å². The fraction of sp³-hybridized carbons (Fsp3) is 0.762. The molecule has 0 spiro atoms. The van der Waals surface area contributed by atoms with Crippen molar-refractivity contribution in [3.05, 3.63) is 0 Å². The van der Waals surface area contributed by atoms with Crippen LogP contribution in [0.25, 0.3) is 0 Å². The van der Waals surface area contributed by atoms with Crippen molar-refractivity contribution in [2.45, 2.75) is 78.6 Å². The summed E-state index contributed by atoms with van der Waals surface area (Å²) in [7, 11) is 0. The van der Waals surface area contributed by atoms with E-state index in [1.807, 2.05) is 0 Å². The van der Waals surface area contributed by atoms with Crippen molar-refractivity contribution in [1.82, 2.24) is 16.0 Å². The maximum absolute atomic E-state index is 12.9. The van der Waals surface area contributed by atoms with Gasteiger partial charge in [0.15, 0.2) is 5.96 Å². The summed E-state index contributed by atoms with van der Waals surface area (Å²) in [5.41, 5.74) is 16.4. The summed E-state index contributed by atoms with van der Waals surface area (Å²) in [5, 5.41) is 17.1. The van der Waals surface area contributed by atoms with Gasteiger partial charge in [-0.05, 0) is 30.6 Å². The van der Waals surface area contributed by atoms with Crippen LogP contribution in [-0.2, 0) is 19.2 Å². The minimum atomic E-state index is -1.16. The van der Waals surface area contributed by atoms with Crippen LogP contribution < -0.4 is 33.2 Å². The Balaban J connectivity index is 5.22. The number of carboxylic acid groups (broad SMARTS) is 1. The largest absolute Gasteiger partial charge is 0.480 e. The summed E-state index contributed by atoms with van der Waals surface area (Å²) in [6.07, 6.45) is 0.805. The van der Waals surface area contributed by atoms with Crippen molar-refractivity contribution in [3.8, 4) is 0 Å². The van der Waals surface area contributed by atoms with Crippen LogP contribution in [0, 0.1) is 17.8 Å². The van der Waals surface area contributed by atoms with E-state index in [4.69, 9.17) is 17.2 Å². The van der Waals surface area contributed by atoms with Crippen molar-refractivity contribution < 1.29 is 24.3 Å². The van der Waals surface area contributed by atoms with Crippen molar-refractivity contribution >= 4 is 29.7 Å². The Bertz CT molecular complexity index is 705.